The lowest BCUT2D eigenvalue weighted by molar-refractivity contribution is -0.136. The Morgan fingerprint density at radius 1 is 1.16 bits per heavy atom. The van der Waals surface area contributed by atoms with Gasteiger partial charge < -0.3 is 9.84 Å². The summed E-state index contributed by atoms with van der Waals surface area (Å²) in [6.45, 7) is 0. The maximum Gasteiger partial charge on any atom is 0.303 e. The van der Waals surface area contributed by atoms with Crippen molar-refractivity contribution in [1.29, 1.82) is 0 Å². The fraction of sp³-hybridized carbons (Fsp3) is 0.133. The first kappa shape index (κ1) is 13.1. The molecule has 0 saturated carbocycles. The van der Waals surface area contributed by atoms with Crippen molar-refractivity contribution in [3.63, 3.8) is 0 Å². The number of halogens is 1. The van der Waals surface area contributed by atoms with Crippen LogP contribution in [0.3, 0.4) is 0 Å². The number of carboxylic acids is 1. The van der Waals surface area contributed by atoms with Crippen molar-refractivity contribution >= 4 is 5.97 Å². The van der Waals surface area contributed by atoms with Crippen LogP contribution in [0.25, 0.3) is 0 Å². The quantitative estimate of drug-likeness (QED) is 0.892. The zero-order valence-electron chi connectivity index (χ0n) is 10.2. The van der Waals surface area contributed by atoms with Crippen molar-refractivity contribution in [2.75, 3.05) is 0 Å². The minimum absolute atomic E-state index is 0.0609. The van der Waals surface area contributed by atoms with Crippen LogP contribution in [0.1, 0.15) is 12.0 Å². The van der Waals surface area contributed by atoms with Gasteiger partial charge >= 0.3 is 5.97 Å². The highest BCUT2D eigenvalue weighted by Crippen LogP contribution is 2.26. The molecule has 0 unspecified atom stereocenters. The maximum absolute atomic E-state index is 13.2. The fourth-order valence-corrected chi connectivity index (χ4v) is 1.70. The van der Waals surface area contributed by atoms with E-state index in [-0.39, 0.29) is 12.8 Å². The molecule has 2 aromatic rings. The molecule has 0 spiro atoms. The Kier molecular flexibility index (Phi) is 4.13. The highest BCUT2D eigenvalue weighted by molar-refractivity contribution is 5.67. The van der Waals surface area contributed by atoms with Crippen LogP contribution >= 0.6 is 0 Å². The highest BCUT2D eigenvalue weighted by Gasteiger charge is 2.08. The first-order valence-electron chi connectivity index (χ1n) is 5.88. The Morgan fingerprint density at radius 3 is 2.58 bits per heavy atom. The van der Waals surface area contributed by atoms with Crippen LogP contribution in [-0.2, 0) is 11.2 Å². The lowest BCUT2D eigenvalue weighted by atomic mass is 10.1. The summed E-state index contributed by atoms with van der Waals surface area (Å²) in [5.41, 5.74) is 0.547. The molecule has 0 amide bonds. The minimum atomic E-state index is -0.921. The lowest BCUT2D eigenvalue weighted by Gasteiger charge is -2.10. The molecule has 0 aromatic heterocycles. The third kappa shape index (κ3) is 3.81. The van der Waals surface area contributed by atoms with E-state index in [9.17, 15) is 9.18 Å². The van der Waals surface area contributed by atoms with E-state index in [0.717, 1.165) is 0 Å². The third-order valence-electron chi connectivity index (χ3n) is 2.60. The molecule has 0 radical (unpaired) electrons. The molecular formula is C15H13FO3. The van der Waals surface area contributed by atoms with Gasteiger partial charge in [-0.2, -0.15) is 0 Å². The van der Waals surface area contributed by atoms with Crippen LogP contribution in [0, 0.1) is 5.82 Å². The van der Waals surface area contributed by atoms with Crippen molar-refractivity contribution < 1.29 is 19.0 Å². The Balaban J connectivity index is 2.21. The Hall–Kier alpha value is -2.36. The minimum Gasteiger partial charge on any atom is -0.481 e. The van der Waals surface area contributed by atoms with Gasteiger partial charge in [0.2, 0.25) is 0 Å². The summed E-state index contributed by atoms with van der Waals surface area (Å²) in [5.74, 6) is -0.213. The van der Waals surface area contributed by atoms with E-state index >= 15 is 0 Å². The summed E-state index contributed by atoms with van der Waals surface area (Å²) in [6, 6.07) is 13.2. The van der Waals surface area contributed by atoms with E-state index in [1.165, 1.54) is 18.2 Å². The molecule has 0 aliphatic carbocycles. The number of carbonyl (C=O) groups is 1. The summed E-state index contributed by atoms with van der Waals surface area (Å²) in [4.78, 5) is 10.6. The SMILES string of the molecule is O=C(O)CCc1cc(F)ccc1Oc1ccccc1. The number of carboxylic acid groups (broad SMARTS) is 1. The summed E-state index contributed by atoms with van der Waals surface area (Å²) >= 11 is 0. The fourth-order valence-electron chi connectivity index (χ4n) is 1.70. The maximum atomic E-state index is 13.2. The summed E-state index contributed by atoms with van der Waals surface area (Å²) in [6.07, 6.45) is 0.170. The number of benzene rings is 2. The van der Waals surface area contributed by atoms with Crippen LogP contribution in [0.15, 0.2) is 48.5 Å². The van der Waals surface area contributed by atoms with Crippen LogP contribution in [0.5, 0.6) is 11.5 Å². The second-order valence-electron chi connectivity index (χ2n) is 4.06. The van der Waals surface area contributed by atoms with Gasteiger partial charge in [-0.25, -0.2) is 4.39 Å². The average Bonchev–Trinajstić information content (AvgIpc) is 2.40. The van der Waals surface area contributed by atoms with Gasteiger partial charge in [0.15, 0.2) is 0 Å². The zero-order chi connectivity index (χ0) is 13.7. The number of ether oxygens (including phenoxy) is 1. The molecule has 3 nitrogen and oxygen atoms in total. The monoisotopic (exact) mass is 260 g/mol. The number of aliphatic carboxylic acids is 1. The van der Waals surface area contributed by atoms with Crippen molar-refractivity contribution in [1.82, 2.24) is 0 Å². The predicted molar refractivity (Wildman–Crippen MR) is 68.9 cm³/mol. The van der Waals surface area contributed by atoms with Gasteiger partial charge in [-0.3, -0.25) is 4.79 Å². The standard InChI is InChI=1S/C15H13FO3/c16-12-7-8-14(11(10-12)6-9-15(17)18)19-13-4-2-1-3-5-13/h1-5,7-8,10H,6,9H2,(H,17,18). The van der Waals surface area contributed by atoms with Gasteiger partial charge in [-0.15, -0.1) is 0 Å². The molecule has 0 bridgehead atoms. The highest BCUT2D eigenvalue weighted by atomic mass is 19.1. The van der Waals surface area contributed by atoms with Crippen molar-refractivity contribution in [2.45, 2.75) is 12.8 Å². The Morgan fingerprint density at radius 2 is 1.89 bits per heavy atom. The first-order valence-corrected chi connectivity index (χ1v) is 5.88. The molecule has 0 atom stereocenters. The molecule has 19 heavy (non-hydrogen) atoms. The molecule has 98 valence electrons. The molecule has 1 N–H and O–H groups in total. The second kappa shape index (κ2) is 6.00. The van der Waals surface area contributed by atoms with Crippen LogP contribution < -0.4 is 4.74 Å². The number of aryl methyl sites for hydroxylation is 1. The molecule has 0 fully saturated rings. The van der Waals surface area contributed by atoms with Gasteiger partial charge in [-0.1, -0.05) is 18.2 Å². The van der Waals surface area contributed by atoms with E-state index < -0.39 is 11.8 Å². The number of para-hydroxylation sites is 1. The largest absolute Gasteiger partial charge is 0.481 e. The van der Waals surface area contributed by atoms with Crippen molar-refractivity contribution in [3.8, 4) is 11.5 Å². The normalized spacial score (nSPS) is 10.2. The van der Waals surface area contributed by atoms with Crippen molar-refractivity contribution in [3.05, 3.63) is 59.9 Å². The molecule has 2 rings (SSSR count). The smallest absolute Gasteiger partial charge is 0.303 e. The van der Waals surface area contributed by atoms with Crippen LogP contribution in [0.4, 0.5) is 4.39 Å². The Bertz CT molecular complexity index is 567. The molecule has 0 heterocycles. The van der Waals surface area contributed by atoms with E-state index in [2.05, 4.69) is 0 Å². The topological polar surface area (TPSA) is 46.5 Å². The summed E-state index contributed by atoms with van der Waals surface area (Å²) in [5, 5.41) is 8.69. The molecule has 0 saturated heterocycles. The van der Waals surface area contributed by atoms with E-state index in [0.29, 0.717) is 17.1 Å². The van der Waals surface area contributed by atoms with Crippen molar-refractivity contribution in [2.24, 2.45) is 0 Å². The predicted octanol–water partition coefficient (Wildman–Crippen LogP) is 3.64. The Labute approximate surface area is 110 Å². The van der Waals surface area contributed by atoms with Crippen LogP contribution in [0.2, 0.25) is 0 Å². The van der Waals surface area contributed by atoms with Gasteiger partial charge in [-0.05, 0) is 42.3 Å². The summed E-state index contributed by atoms with van der Waals surface area (Å²) in [7, 11) is 0. The third-order valence-corrected chi connectivity index (χ3v) is 2.60. The van der Waals surface area contributed by atoms with E-state index in [4.69, 9.17) is 9.84 Å². The lowest BCUT2D eigenvalue weighted by Crippen LogP contribution is -2.00. The van der Waals surface area contributed by atoms with Gasteiger partial charge in [0.1, 0.15) is 17.3 Å². The second-order valence-corrected chi connectivity index (χ2v) is 4.06. The zero-order valence-corrected chi connectivity index (χ0v) is 10.2. The molecule has 2 aromatic carbocycles. The van der Waals surface area contributed by atoms with Gasteiger partial charge in [0, 0.05) is 6.42 Å². The van der Waals surface area contributed by atoms with Gasteiger partial charge in [0.25, 0.3) is 0 Å². The van der Waals surface area contributed by atoms with E-state index in [1.807, 2.05) is 18.2 Å². The van der Waals surface area contributed by atoms with Gasteiger partial charge in [0.05, 0.1) is 0 Å². The summed E-state index contributed by atoms with van der Waals surface area (Å²) < 4.78 is 18.8. The number of hydrogen-bond donors (Lipinski definition) is 1. The molecule has 0 aliphatic heterocycles. The molecule has 4 heteroatoms. The average molecular weight is 260 g/mol. The molecular weight excluding hydrogens is 247 g/mol. The number of hydrogen-bond acceptors (Lipinski definition) is 2. The first-order chi connectivity index (χ1) is 9.15. The van der Waals surface area contributed by atoms with Crippen LogP contribution in [-0.4, -0.2) is 11.1 Å². The number of rotatable bonds is 5. The molecule has 0 aliphatic rings. The van der Waals surface area contributed by atoms with E-state index in [1.54, 1.807) is 12.1 Å².